The highest BCUT2D eigenvalue weighted by molar-refractivity contribution is 14.0. The normalized spacial score (nSPS) is 17.1. The SMILES string of the molecule is CN=C(NCC1(OC)CCOCC1)N(C)Cc1ccc(Cl)cc1.I. The van der Waals surface area contributed by atoms with Crippen molar-refractivity contribution in [2.24, 2.45) is 4.99 Å². The molecule has 0 spiro atoms. The van der Waals surface area contributed by atoms with E-state index in [0.29, 0.717) is 0 Å². The van der Waals surface area contributed by atoms with E-state index in [1.807, 2.05) is 31.3 Å². The highest BCUT2D eigenvalue weighted by Gasteiger charge is 2.32. The number of methoxy groups -OCH3 is 1. The molecule has 0 bridgehead atoms. The highest BCUT2D eigenvalue weighted by atomic mass is 127. The summed E-state index contributed by atoms with van der Waals surface area (Å²) in [7, 11) is 5.59. The van der Waals surface area contributed by atoms with Crippen molar-refractivity contribution in [1.29, 1.82) is 0 Å². The zero-order valence-electron chi connectivity index (χ0n) is 14.5. The molecular formula is C17H27ClIN3O2. The van der Waals surface area contributed by atoms with Crippen molar-refractivity contribution in [3.63, 3.8) is 0 Å². The first kappa shape index (κ1) is 21.5. The number of nitrogens with one attached hydrogen (secondary N) is 1. The van der Waals surface area contributed by atoms with E-state index >= 15 is 0 Å². The molecule has 1 aromatic carbocycles. The maximum absolute atomic E-state index is 5.93. The maximum atomic E-state index is 5.93. The third kappa shape index (κ3) is 6.06. The summed E-state index contributed by atoms with van der Waals surface area (Å²) in [4.78, 5) is 6.46. The van der Waals surface area contributed by atoms with E-state index in [9.17, 15) is 0 Å². The lowest BCUT2D eigenvalue weighted by molar-refractivity contribution is -0.0857. The summed E-state index contributed by atoms with van der Waals surface area (Å²) in [5, 5.41) is 4.18. The number of guanidine groups is 1. The van der Waals surface area contributed by atoms with Crippen LogP contribution in [0.4, 0.5) is 0 Å². The zero-order chi connectivity index (χ0) is 16.7. The fraction of sp³-hybridized carbons (Fsp3) is 0.588. The van der Waals surface area contributed by atoms with Crippen LogP contribution in [0.3, 0.4) is 0 Å². The Morgan fingerprint density at radius 3 is 2.50 bits per heavy atom. The largest absolute Gasteiger partial charge is 0.381 e. The summed E-state index contributed by atoms with van der Waals surface area (Å²) >= 11 is 5.93. The molecule has 1 fully saturated rings. The number of hydrogen-bond acceptors (Lipinski definition) is 3. The molecule has 1 heterocycles. The molecule has 0 saturated carbocycles. The van der Waals surface area contributed by atoms with Gasteiger partial charge in [0.15, 0.2) is 5.96 Å². The van der Waals surface area contributed by atoms with E-state index < -0.39 is 0 Å². The van der Waals surface area contributed by atoms with Gasteiger partial charge >= 0.3 is 0 Å². The molecule has 1 aromatic rings. The first-order valence-electron chi connectivity index (χ1n) is 7.88. The third-order valence-corrected chi connectivity index (χ3v) is 4.56. The Balaban J connectivity index is 0.00000288. The molecule has 0 radical (unpaired) electrons. The Bertz CT molecular complexity index is 519. The molecule has 0 aromatic heterocycles. The molecule has 2 rings (SSSR count). The minimum atomic E-state index is -0.171. The minimum absolute atomic E-state index is 0. The summed E-state index contributed by atoms with van der Waals surface area (Å²) in [6, 6.07) is 7.87. The molecule has 1 aliphatic heterocycles. The topological polar surface area (TPSA) is 46.1 Å². The standard InChI is InChI=1S/C17H26ClN3O2.HI/c1-19-16(20-13-17(22-3)8-10-23-11-9-17)21(2)12-14-4-6-15(18)7-5-14;/h4-7H,8-13H2,1-3H3,(H,19,20);1H. The van der Waals surface area contributed by atoms with Crippen molar-refractivity contribution < 1.29 is 9.47 Å². The Kier molecular flexibility index (Phi) is 9.33. The first-order chi connectivity index (χ1) is 11.1. The average Bonchev–Trinajstić information content (AvgIpc) is 2.58. The van der Waals surface area contributed by atoms with Gasteiger partial charge in [-0.3, -0.25) is 4.99 Å². The van der Waals surface area contributed by atoms with Crippen molar-refractivity contribution in [2.75, 3.05) is 41.0 Å². The summed E-state index contributed by atoms with van der Waals surface area (Å²) < 4.78 is 11.2. The minimum Gasteiger partial charge on any atom is -0.381 e. The molecule has 1 N–H and O–H groups in total. The zero-order valence-corrected chi connectivity index (χ0v) is 17.6. The molecule has 24 heavy (non-hydrogen) atoms. The van der Waals surface area contributed by atoms with Crippen molar-refractivity contribution in [3.8, 4) is 0 Å². The van der Waals surface area contributed by atoms with Gasteiger partial charge < -0.3 is 19.7 Å². The Labute approximate surface area is 166 Å². The predicted octanol–water partition coefficient (Wildman–Crippen LogP) is 3.16. The monoisotopic (exact) mass is 467 g/mol. The number of benzene rings is 1. The van der Waals surface area contributed by atoms with Crippen LogP contribution in [0.15, 0.2) is 29.3 Å². The molecule has 7 heteroatoms. The van der Waals surface area contributed by atoms with Crippen LogP contribution in [0, 0.1) is 0 Å². The predicted molar refractivity (Wildman–Crippen MR) is 109 cm³/mol. The molecular weight excluding hydrogens is 441 g/mol. The lowest BCUT2D eigenvalue weighted by Gasteiger charge is -2.37. The number of halogens is 2. The second-order valence-corrected chi connectivity index (χ2v) is 6.32. The lowest BCUT2D eigenvalue weighted by Crippen LogP contribution is -2.50. The molecule has 0 amide bonds. The van der Waals surface area contributed by atoms with Crippen LogP contribution >= 0.6 is 35.6 Å². The van der Waals surface area contributed by atoms with Gasteiger partial charge in [0.25, 0.3) is 0 Å². The van der Waals surface area contributed by atoms with Crippen LogP contribution in [0.25, 0.3) is 0 Å². The van der Waals surface area contributed by atoms with E-state index in [0.717, 1.165) is 50.1 Å². The lowest BCUT2D eigenvalue weighted by atomic mass is 9.94. The Morgan fingerprint density at radius 1 is 1.33 bits per heavy atom. The van der Waals surface area contributed by atoms with Gasteiger partial charge in [0, 0.05) is 65.4 Å². The fourth-order valence-electron chi connectivity index (χ4n) is 2.76. The number of ether oxygens (including phenoxy) is 2. The molecule has 0 unspecified atom stereocenters. The van der Waals surface area contributed by atoms with Gasteiger partial charge in [0.05, 0.1) is 5.60 Å². The molecule has 0 atom stereocenters. The Hall–Kier alpha value is -0.570. The van der Waals surface area contributed by atoms with Gasteiger partial charge in [-0.1, -0.05) is 23.7 Å². The smallest absolute Gasteiger partial charge is 0.193 e. The van der Waals surface area contributed by atoms with Crippen molar-refractivity contribution in [1.82, 2.24) is 10.2 Å². The van der Waals surface area contributed by atoms with Gasteiger partial charge in [-0.25, -0.2) is 0 Å². The molecule has 5 nitrogen and oxygen atoms in total. The van der Waals surface area contributed by atoms with Crippen LogP contribution in [0.1, 0.15) is 18.4 Å². The number of hydrogen-bond donors (Lipinski definition) is 1. The van der Waals surface area contributed by atoms with Crippen LogP contribution in [0.2, 0.25) is 5.02 Å². The van der Waals surface area contributed by atoms with Crippen LogP contribution in [0.5, 0.6) is 0 Å². The van der Waals surface area contributed by atoms with Gasteiger partial charge in [-0.2, -0.15) is 0 Å². The number of rotatable bonds is 5. The van der Waals surface area contributed by atoms with E-state index in [1.165, 1.54) is 5.56 Å². The number of nitrogens with zero attached hydrogens (tertiary/aromatic N) is 2. The summed E-state index contributed by atoms with van der Waals surface area (Å²) in [6.07, 6.45) is 1.79. The third-order valence-electron chi connectivity index (χ3n) is 4.31. The van der Waals surface area contributed by atoms with Gasteiger partial charge in [0.2, 0.25) is 0 Å². The van der Waals surface area contributed by atoms with Crippen LogP contribution in [-0.4, -0.2) is 57.4 Å². The van der Waals surface area contributed by atoms with Crippen molar-refractivity contribution >= 4 is 41.5 Å². The second kappa shape index (κ2) is 10.4. The Morgan fingerprint density at radius 2 is 1.96 bits per heavy atom. The van der Waals surface area contributed by atoms with E-state index in [2.05, 4.69) is 15.2 Å². The molecule has 0 aliphatic carbocycles. The van der Waals surface area contributed by atoms with Crippen molar-refractivity contribution in [2.45, 2.75) is 25.0 Å². The maximum Gasteiger partial charge on any atom is 0.193 e. The van der Waals surface area contributed by atoms with Gasteiger partial charge in [-0.05, 0) is 17.7 Å². The van der Waals surface area contributed by atoms with Crippen LogP contribution < -0.4 is 5.32 Å². The van der Waals surface area contributed by atoms with Crippen LogP contribution in [-0.2, 0) is 16.0 Å². The number of aliphatic imine (C=N–C) groups is 1. The van der Waals surface area contributed by atoms with Gasteiger partial charge in [-0.15, -0.1) is 24.0 Å². The summed E-state index contributed by atoms with van der Waals surface area (Å²) in [6.45, 7) is 2.98. The molecule has 1 saturated heterocycles. The highest BCUT2D eigenvalue weighted by Crippen LogP contribution is 2.23. The molecule has 136 valence electrons. The van der Waals surface area contributed by atoms with Gasteiger partial charge in [0.1, 0.15) is 0 Å². The van der Waals surface area contributed by atoms with E-state index in [-0.39, 0.29) is 29.6 Å². The fourth-order valence-corrected chi connectivity index (χ4v) is 2.89. The first-order valence-corrected chi connectivity index (χ1v) is 8.25. The van der Waals surface area contributed by atoms with Crippen molar-refractivity contribution in [3.05, 3.63) is 34.9 Å². The quantitative estimate of drug-likeness (QED) is 0.410. The van der Waals surface area contributed by atoms with E-state index in [1.54, 1.807) is 14.2 Å². The summed E-state index contributed by atoms with van der Waals surface area (Å²) in [5.41, 5.74) is 1.02. The average molecular weight is 468 g/mol. The van der Waals surface area contributed by atoms with E-state index in [4.69, 9.17) is 21.1 Å². The summed E-state index contributed by atoms with van der Waals surface area (Å²) in [5.74, 6) is 0.850. The molecule has 1 aliphatic rings. The second-order valence-electron chi connectivity index (χ2n) is 5.88.